The van der Waals surface area contributed by atoms with Crippen molar-refractivity contribution >= 4 is 16.1 Å². The number of nitrogens with one attached hydrogen (secondary N) is 2. The Bertz CT molecular complexity index is 874. The molecule has 0 aromatic heterocycles. The summed E-state index contributed by atoms with van der Waals surface area (Å²) in [5, 5.41) is 11.1. The molecule has 1 amide bonds. The smallest absolute Gasteiger partial charge is 0.404 e. The van der Waals surface area contributed by atoms with Crippen molar-refractivity contribution in [2.45, 2.75) is 30.6 Å². The first kappa shape index (κ1) is 20.4. The molecule has 1 fully saturated rings. The number of benzene rings is 2. The third-order valence-corrected chi connectivity index (χ3v) is 6.78. The van der Waals surface area contributed by atoms with Gasteiger partial charge in [-0.2, -0.15) is 0 Å². The van der Waals surface area contributed by atoms with Crippen molar-refractivity contribution in [3.63, 3.8) is 0 Å². The van der Waals surface area contributed by atoms with Crippen molar-refractivity contribution in [3.8, 4) is 11.1 Å². The largest absolute Gasteiger partial charge is 0.465 e. The molecular weight excluding hydrogens is 376 g/mol. The van der Waals surface area contributed by atoms with E-state index in [1.54, 1.807) is 12.1 Å². The molecule has 0 atom stereocenters. The molecule has 150 valence electrons. The van der Waals surface area contributed by atoms with Gasteiger partial charge in [0.15, 0.2) is 0 Å². The van der Waals surface area contributed by atoms with Crippen LogP contribution in [0.15, 0.2) is 59.5 Å². The molecule has 2 aromatic carbocycles. The highest BCUT2D eigenvalue weighted by Gasteiger charge is 2.23. The van der Waals surface area contributed by atoms with E-state index < -0.39 is 16.1 Å². The lowest BCUT2D eigenvalue weighted by Gasteiger charge is -2.28. The van der Waals surface area contributed by atoms with Crippen LogP contribution in [0.4, 0.5) is 4.79 Å². The van der Waals surface area contributed by atoms with E-state index in [9.17, 15) is 13.2 Å². The topological polar surface area (TPSA) is 95.5 Å². The SMILES string of the molecule is O=C(O)NC[C@H]1CC[C@H](CNS(=O)(=O)c2ccc(-c3ccccc3)cc2)CC1. The fraction of sp³-hybridized carbons (Fsp3) is 0.381. The molecule has 0 spiro atoms. The molecule has 0 radical (unpaired) electrons. The first-order chi connectivity index (χ1) is 13.4. The summed E-state index contributed by atoms with van der Waals surface area (Å²) in [4.78, 5) is 10.8. The van der Waals surface area contributed by atoms with Crippen LogP contribution < -0.4 is 10.0 Å². The first-order valence-corrected chi connectivity index (χ1v) is 11.0. The number of carbonyl (C=O) groups is 1. The van der Waals surface area contributed by atoms with Crippen molar-refractivity contribution < 1.29 is 18.3 Å². The molecule has 0 aliphatic heterocycles. The second-order valence-corrected chi connectivity index (χ2v) is 9.08. The summed E-state index contributed by atoms with van der Waals surface area (Å²) >= 11 is 0. The molecule has 0 bridgehead atoms. The number of amides is 1. The minimum atomic E-state index is -3.53. The van der Waals surface area contributed by atoms with Gasteiger partial charge in [-0.05, 0) is 60.8 Å². The van der Waals surface area contributed by atoms with Gasteiger partial charge in [0.05, 0.1) is 4.90 Å². The highest BCUT2D eigenvalue weighted by Crippen LogP contribution is 2.28. The third kappa shape index (κ3) is 5.56. The quantitative estimate of drug-likeness (QED) is 0.658. The Balaban J connectivity index is 1.51. The standard InChI is InChI=1S/C21H26N2O4S/c24-21(25)22-14-16-6-8-17(9-7-16)15-23-28(26,27)20-12-10-19(11-13-20)18-4-2-1-3-5-18/h1-5,10-13,16-17,22-23H,6-9,14-15H2,(H,24,25)/t16-,17-. The number of carboxylic acid groups (broad SMARTS) is 1. The summed E-state index contributed by atoms with van der Waals surface area (Å²) in [6, 6.07) is 16.8. The lowest BCUT2D eigenvalue weighted by Crippen LogP contribution is -2.34. The predicted octanol–water partition coefficient (Wildman–Crippen LogP) is 3.71. The average molecular weight is 403 g/mol. The summed E-state index contributed by atoms with van der Waals surface area (Å²) in [6.45, 7) is 0.892. The molecule has 28 heavy (non-hydrogen) atoms. The van der Waals surface area contributed by atoms with Crippen LogP contribution in [0.25, 0.3) is 11.1 Å². The molecule has 6 nitrogen and oxygen atoms in total. The number of hydrogen-bond acceptors (Lipinski definition) is 3. The minimum absolute atomic E-state index is 0.270. The van der Waals surface area contributed by atoms with Crippen molar-refractivity contribution in [1.82, 2.24) is 10.0 Å². The fourth-order valence-electron chi connectivity index (χ4n) is 3.64. The number of sulfonamides is 1. The maximum Gasteiger partial charge on any atom is 0.404 e. The molecule has 1 saturated carbocycles. The molecular formula is C21H26N2O4S. The Morgan fingerprint density at radius 1 is 0.857 bits per heavy atom. The van der Waals surface area contributed by atoms with Crippen LogP contribution in [0.3, 0.4) is 0 Å². The maximum absolute atomic E-state index is 12.6. The van der Waals surface area contributed by atoms with Crippen LogP contribution in [0, 0.1) is 11.8 Å². The maximum atomic E-state index is 12.6. The summed E-state index contributed by atoms with van der Waals surface area (Å²) in [7, 11) is -3.53. The normalized spacial score (nSPS) is 19.9. The Kier molecular flexibility index (Phi) is 6.70. The van der Waals surface area contributed by atoms with Crippen molar-refractivity contribution in [1.29, 1.82) is 0 Å². The van der Waals surface area contributed by atoms with Crippen LogP contribution in [0.1, 0.15) is 25.7 Å². The van der Waals surface area contributed by atoms with Crippen LogP contribution in [-0.4, -0.2) is 32.7 Å². The van der Waals surface area contributed by atoms with Crippen LogP contribution in [0.5, 0.6) is 0 Å². The predicted molar refractivity (Wildman–Crippen MR) is 109 cm³/mol. The Labute approximate surface area is 166 Å². The lowest BCUT2D eigenvalue weighted by molar-refractivity contribution is 0.188. The highest BCUT2D eigenvalue weighted by atomic mass is 32.2. The Morgan fingerprint density at radius 2 is 1.39 bits per heavy atom. The van der Waals surface area contributed by atoms with E-state index in [1.807, 2.05) is 42.5 Å². The van der Waals surface area contributed by atoms with Gasteiger partial charge in [-0.1, -0.05) is 42.5 Å². The zero-order valence-corrected chi connectivity index (χ0v) is 16.5. The zero-order chi connectivity index (χ0) is 20.0. The second kappa shape index (κ2) is 9.21. The molecule has 2 aromatic rings. The summed E-state index contributed by atoms with van der Waals surface area (Å²) in [6.07, 6.45) is 2.65. The Hall–Kier alpha value is -2.38. The monoisotopic (exact) mass is 402 g/mol. The average Bonchev–Trinajstić information content (AvgIpc) is 2.72. The van der Waals surface area contributed by atoms with Gasteiger partial charge in [0.2, 0.25) is 10.0 Å². The third-order valence-electron chi connectivity index (χ3n) is 5.34. The van der Waals surface area contributed by atoms with E-state index in [0.717, 1.165) is 36.8 Å². The second-order valence-electron chi connectivity index (χ2n) is 7.32. The highest BCUT2D eigenvalue weighted by molar-refractivity contribution is 7.89. The van der Waals surface area contributed by atoms with E-state index in [0.29, 0.717) is 24.9 Å². The van der Waals surface area contributed by atoms with Crippen LogP contribution in [0.2, 0.25) is 0 Å². The van der Waals surface area contributed by atoms with Gasteiger partial charge < -0.3 is 10.4 Å². The molecule has 3 rings (SSSR count). The van der Waals surface area contributed by atoms with Gasteiger partial charge in [0, 0.05) is 13.1 Å². The summed E-state index contributed by atoms with van der Waals surface area (Å²) in [5.41, 5.74) is 2.03. The van der Waals surface area contributed by atoms with Crippen molar-refractivity contribution in [3.05, 3.63) is 54.6 Å². The van der Waals surface area contributed by atoms with Crippen molar-refractivity contribution in [2.24, 2.45) is 11.8 Å². The molecule has 3 N–H and O–H groups in total. The van der Waals surface area contributed by atoms with E-state index in [1.165, 1.54) is 0 Å². The number of hydrogen-bond donors (Lipinski definition) is 3. The first-order valence-electron chi connectivity index (χ1n) is 9.56. The molecule has 7 heteroatoms. The van der Waals surface area contributed by atoms with E-state index in [4.69, 9.17) is 5.11 Å². The zero-order valence-electron chi connectivity index (χ0n) is 15.7. The summed E-state index contributed by atoms with van der Waals surface area (Å²) in [5.74, 6) is 0.633. The van der Waals surface area contributed by atoms with Crippen LogP contribution in [-0.2, 0) is 10.0 Å². The van der Waals surface area contributed by atoms with Crippen molar-refractivity contribution in [2.75, 3.05) is 13.1 Å². The van der Waals surface area contributed by atoms with E-state index in [-0.39, 0.29) is 4.90 Å². The van der Waals surface area contributed by atoms with Gasteiger partial charge in [-0.3, -0.25) is 0 Å². The molecule has 0 saturated heterocycles. The minimum Gasteiger partial charge on any atom is -0.465 e. The van der Waals surface area contributed by atoms with Gasteiger partial charge >= 0.3 is 6.09 Å². The molecule has 0 unspecified atom stereocenters. The van der Waals surface area contributed by atoms with Gasteiger partial charge in [-0.15, -0.1) is 0 Å². The fourth-order valence-corrected chi connectivity index (χ4v) is 4.76. The molecule has 0 heterocycles. The number of rotatable bonds is 7. The molecule has 1 aliphatic rings. The Morgan fingerprint density at radius 3 is 1.96 bits per heavy atom. The van der Waals surface area contributed by atoms with Gasteiger partial charge in [0.1, 0.15) is 0 Å². The van der Waals surface area contributed by atoms with Gasteiger partial charge in [-0.25, -0.2) is 17.9 Å². The molecule has 1 aliphatic carbocycles. The van der Waals surface area contributed by atoms with E-state index in [2.05, 4.69) is 10.0 Å². The summed E-state index contributed by atoms with van der Waals surface area (Å²) < 4.78 is 27.9. The van der Waals surface area contributed by atoms with Gasteiger partial charge in [0.25, 0.3) is 0 Å². The van der Waals surface area contributed by atoms with E-state index >= 15 is 0 Å². The van der Waals surface area contributed by atoms with Crippen LogP contribution >= 0.6 is 0 Å². The lowest BCUT2D eigenvalue weighted by atomic mass is 9.82.